The van der Waals surface area contributed by atoms with Gasteiger partial charge >= 0.3 is 12.5 Å². The molecule has 1 aliphatic carbocycles. The minimum Gasteiger partial charge on any atom is -0.444 e. The predicted octanol–water partition coefficient (Wildman–Crippen LogP) is -1.44. The number of halogens is 3. The van der Waals surface area contributed by atoms with Crippen molar-refractivity contribution < 1.29 is 77.0 Å². The van der Waals surface area contributed by atoms with Crippen molar-refractivity contribution in [3.63, 3.8) is 0 Å². The molecule has 2 saturated heterocycles. The topological polar surface area (TPSA) is 235 Å². The van der Waals surface area contributed by atoms with E-state index in [1.165, 1.54) is 14.0 Å². The second-order valence-electron chi connectivity index (χ2n) is 13.2. The first-order chi connectivity index (χ1) is 21.0. The van der Waals surface area contributed by atoms with E-state index in [9.17, 15) is 48.6 Å². The van der Waals surface area contributed by atoms with Crippen LogP contribution < -0.4 is 5.73 Å². The van der Waals surface area contributed by atoms with Gasteiger partial charge in [0.05, 0.1) is 25.3 Å². The Bertz CT molecular complexity index is 1050. The molecule has 1 saturated carbocycles. The number of aliphatic imine (C=N–C) groups is 1. The molecule has 3 rings (SSSR count). The number of nitrogens with two attached hydrogens (primary N) is 1. The average Bonchev–Trinajstić information content (AvgIpc) is 2.91. The molecule has 0 aromatic rings. The number of carbonyl (C=O) groups excluding carboxylic acids is 1. The molecule has 3 aliphatic rings. The largest absolute Gasteiger partial charge is 0.573 e. The lowest BCUT2D eigenvalue weighted by Crippen LogP contribution is -2.68. The van der Waals surface area contributed by atoms with Crippen LogP contribution in [0.4, 0.5) is 18.0 Å². The Morgan fingerprint density at radius 2 is 1.63 bits per heavy atom. The van der Waals surface area contributed by atoms with Gasteiger partial charge in [-0.2, -0.15) is 0 Å². The number of hydrogen-bond acceptors (Lipinski definition) is 15. The SMILES string of the molecule is C[C@@H]1C[C@H](N)C(O[C@H]2O[C@H](CN=COC(F)(F)F)[C@@H](O)[C@H](O)[C@H]2O)[C@H](O)[C@H]1O[C@H]1OC[C@](C)(O)[C@H](N(C)C(=O)OC(C)(C)C)[C@H]1O. The molecule has 268 valence electrons. The summed E-state index contributed by atoms with van der Waals surface area (Å²) in [7, 11) is 1.34. The molecule has 16 nitrogen and oxygen atoms in total. The highest BCUT2D eigenvalue weighted by Gasteiger charge is 2.54. The van der Waals surface area contributed by atoms with Gasteiger partial charge in [-0.3, -0.25) is 4.99 Å². The quantitative estimate of drug-likeness (QED) is 0.115. The number of alkyl halides is 3. The number of ether oxygens (including phenoxy) is 6. The summed E-state index contributed by atoms with van der Waals surface area (Å²) in [6, 6.07) is -2.14. The maximum absolute atomic E-state index is 12.8. The third-order valence-corrected chi connectivity index (χ3v) is 7.98. The van der Waals surface area contributed by atoms with Crippen LogP contribution in [0.25, 0.3) is 0 Å². The van der Waals surface area contributed by atoms with Gasteiger partial charge in [0.2, 0.25) is 0 Å². The van der Waals surface area contributed by atoms with Crippen LogP contribution in [0.2, 0.25) is 0 Å². The lowest BCUT2D eigenvalue weighted by atomic mass is 9.80. The van der Waals surface area contributed by atoms with Gasteiger partial charge in [-0.1, -0.05) is 6.92 Å². The molecule has 3 fully saturated rings. The highest BCUT2D eigenvalue weighted by Crippen LogP contribution is 2.36. The number of aliphatic hydroxyl groups excluding tert-OH is 5. The Hall–Kier alpha value is -1.91. The second-order valence-corrected chi connectivity index (χ2v) is 13.2. The van der Waals surface area contributed by atoms with Gasteiger partial charge in [-0.25, -0.2) is 4.79 Å². The first-order valence-corrected chi connectivity index (χ1v) is 14.7. The van der Waals surface area contributed by atoms with E-state index in [1.807, 2.05) is 0 Å². The van der Waals surface area contributed by atoms with Gasteiger partial charge < -0.3 is 69.7 Å². The van der Waals surface area contributed by atoms with Crippen molar-refractivity contribution in [2.75, 3.05) is 20.2 Å². The van der Waals surface area contributed by atoms with Gasteiger partial charge in [0.25, 0.3) is 0 Å². The molecule has 46 heavy (non-hydrogen) atoms. The van der Waals surface area contributed by atoms with Crippen molar-refractivity contribution >= 4 is 12.5 Å². The Kier molecular flexibility index (Phi) is 12.3. The van der Waals surface area contributed by atoms with Crippen molar-refractivity contribution in [3.05, 3.63) is 0 Å². The molecule has 1 amide bonds. The highest BCUT2D eigenvalue weighted by atomic mass is 19.4. The van der Waals surface area contributed by atoms with Crippen LogP contribution in [0.3, 0.4) is 0 Å². The Balaban J connectivity index is 1.73. The van der Waals surface area contributed by atoms with Crippen LogP contribution in [-0.4, -0.2) is 159 Å². The molecule has 0 aromatic carbocycles. The monoisotopic (exact) mass is 677 g/mol. The van der Waals surface area contributed by atoms with Crippen LogP contribution >= 0.6 is 0 Å². The lowest BCUT2D eigenvalue weighted by Gasteiger charge is -2.50. The fourth-order valence-corrected chi connectivity index (χ4v) is 5.77. The van der Waals surface area contributed by atoms with Crippen LogP contribution in [0, 0.1) is 5.92 Å². The number of carbonyl (C=O) groups is 1. The van der Waals surface area contributed by atoms with Crippen LogP contribution in [0.5, 0.6) is 0 Å². The lowest BCUT2D eigenvalue weighted by molar-refractivity contribution is -0.334. The molecule has 14 atom stereocenters. The molecule has 19 heteroatoms. The Labute approximate surface area is 263 Å². The number of likely N-dealkylation sites (N-methyl/N-ethyl adjacent to an activating group) is 1. The van der Waals surface area contributed by atoms with E-state index >= 15 is 0 Å². The molecular formula is C27H46F3N3O13. The summed E-state index contributed by atoms with van der Waals surface area (Å²) in [6.45, 7) is 7.02. The van der Waals surface area contributed by atoms with Crippen molar-refractivity contribution in [1.29, 1.82) is 0 Å². The van der Waals surface area contributed by atoms with Gasteiger partial charge in [0.15, 0.2) is 19.0 Å². The molecular weight excluding hydrogens is 631 g/mol. The van der Waals surface area contributed by atoms with E-state index in [1.54, 1.807) is 27.7 Å². The maximum atomic E-state index is 12.8. The Morgan fingerprint density at radius 1 is 1.02 bits per heavy atom. The van der Waals surface area contributed by atoms with Crippen molar-refractivity contribution in [2.45, 2.75) is 132 Å². The fraction of sp³-hybridized carbons (Fsp3) is 0.926. The summed E-state index contributed by atoms with van der Waals surface area (Å²) in [5.74, 6) is -0.467. The van der Waals surface area contributed by atoms with E-state index in [-0.39, 0.29) is 19.4 Å². The summed E-state index contributed by atoms with van der Waals surface area (Å²) in [5, 5.41) is 64.7. The molecule has 0 radical (unpaired) electrons. The molecule has 2 heterocycles. The van der Waals surface area contributed by atoms with Crippen molar-refractivity contribution in [2.24, 2.45) is 16.6 Å². The molecule has 1 unspecified atom stereocenters. The first-order valence-electron chi connectivity index (χ1n) is 14.7. The van der Waals surface area contributed by atoms with Gasteiger partial charge in [-0.05, 0) is 40.0 Å². The van der Waals surface area contributed by atoms with Crippen molar-refractivity contribution in [3.8, 4) is 0 Å². The maximum Gasteiger partial charge on any atom is 0.573 e. The van der Waals surface area contributed by atoms with E-state index in [0.717, 1.165) is 4.90 Å². The van der Waals surface area contributed by atoms with E-state index in [2.05, 4.69) is 9.73 Å². The third kappa shape index (κ3) is 9.37. The zero-order valence-electron chi connectivity index (χ0n) is 26.4. The molecule has 0 bridgehead atoms. The van der Waals surface area contributed by atoms with Crippen LogP contribution in [0.15, 0.2) is 4.99 Å². The number of nitrogens with zero attached hydrogens (tertiary/aromatic N) is 2. The van der Waals surface area contributed by atoms with Crippen molar-refractivity contribution in [1.82, 2.24) is 4.90 Å². The number of rotatable bonds is 8. The van der Waals surface area contributed by atoms with E-state index in [0.29, 0.717) is 0 Å². The van der Waals surface area contributed by atoms with Crippen LogP contribution in [0.1, 0.15) is 41.0 Å². The van der Waals surface area contributed by atoms with Gasteiger partial charge in [-0.15, -0.1) is 13.2 Å². The summed E-state index contributed by atoms with van der Waals surface area (Å²) in [4.78, 5) is 17.2. The summed E-state index contributed by atoms with van der Waals surface area (Å²) < 4.78 is 68.3. The first kappa shape index (κ1) is 38.5. The standard InChI is InChI=1S/C27H46F3N3O13/c1-11-7-12(31)20(45-23-16(36)15(35)14(34)13(43-23)8-32-10-42-27(28,29)30)17(37)19(11)44-22-18(38)21(26(5,40)9-41-22)33(6)24(39)46-25(2,3)4/h10-23,34-38,40H,7-9,31H2,1-6H3/t11-,12+,13-,14-,15+,16-,17-,18-,19+,20?,21-,22-,23-,26+/m1/s1. The molecule has 0 spiro atoms. The van der Waals surface area contributed by atoms with Gasteiger partial charge in [0.1, 0.15) is 53.9 Å². The minimum absolute atomic E-state index is 0.0877. The molecule has 8 N–H and O–H groups in total. The minimum atomic E-state index is -4.99. The van der Waals surface area contributed by atoms with Gasteiger partial charge in [0, 0.05) is 13.1 Å². The molecule has 0 aromatic heterocycles. The fourth-order valence-electron chi connectivity index (χ4n) is 5.77. The average molecular weight is 678 g/mol. The summed E-state index contributed by atoms with van der Waals surface area (Å²) in [5.41, 5.74) is 3.66. The zero-order chi connectivity index (χ0) is 34.9. The Morgan fingerprint density at radius 3 is 2.22 bits per heavy atom. The number of aliphatic hydroxyl groups is 6. The number of hydrogen-bond donors (Lipinski definition) is 7. The van der Waals surface area contributed by atoms with E-state index < -0.39 is 110 Å². The third-order valence-electron chi connectivity index (χ3n) is 7.98. The normalized spacial score (nSPS) is 42.6. The van der Waals surface area contributed by atoms with E-state index in [4.69, 9.17) is 29.4 Å². The van der Waals surface area contributed by atoms with Crippen LogP contribution in [-0.2, 0) is 28.4 Å². The summed E-state index contributed by atoms with van der Waals surface area (Å²) in [6.07, 6.45) is -21.3. The predicted molar refractivity (Wildman–Crippen MR) is 149 cm³/mol. The number of amides is 1. The zero-order valence-corrected chi connectivity index (χ0v) is 26.4. The smallest absolute Gasteiger partial charge is 0.444 e. The molecule has 2 aliphatic heterocycles. The summed E-state index contributed by atoms with van der Waals surface area (Å²) >= 11 is 0. The highest BCUT2D eigenvalue weighted by molar-refractivity contribution is 5.68. The second kappa shape index (κ2) is 14.7.